The third-order valence-electron chi connectivity index (χ3n) is 9.01. The van der Waals surface area contributed by atoms with Crippen molar-refractivity contribution in [2.45, 2.75) is 52.9 Å². The van der Waals surface area contributed by atoms with Crippen LogP contribution in [0.25, 0.3) is 20.9 Å². The molecule has 2 aromatic heterocycles. The SMILES string of the molecule is CC(C)(Cc1ccc(-c2cnc(NC(=O)[C@H](c3ccc(Cl)cc3)C(C)(C)C)s2)cc1)C(C(=O)Nc1ncc(-c2ccccc2)s1)c1ccc(Cl)cc1. The smallest absolute Gasteiger partial charge is 0.234 e. The summed E-state index contributed by atoms with van der Waals surface area (Å²) in [4.78, 5) is 38.6. The molecule has 2 heterocycles. The van der Waals surface area contributed by atoms with Gasteiger partial charge in [0.25, 0.3) is 0 Å². The molecule has 0 aliphatic rings. The highest BCUT2D eigenvalue weighted by Gasteiger charge is 2.37. The molecule has 1 unspecified atom stereocenters. The number of carbonyl (C=O) groups is 2. The van der Waals surface area contributed by atoms with Crippen molar-refractivity contribution in [1.29, 1.82) is 0 Å². The van der Waals surface area contributed by atoms with Gasteiger partial charge in [-0.05, 0) is 69.3 Å². The zero-order valence-corrected chi connectivity index (χ0v) is 32.8. The molecule has 0 radical (unpaired) electrons. The van der Waals surface area contributed by atoms with E-state index in [9.17, 15) is 9.59 Å². The predicted molar refractivity (Wildman–Crippen MR) is 218 cm³/mol. The van der Waals surface area contributed by atoms with Crippen molar-refractivity contribution in [3.63, 3.8) is 0 Å². The molecule has 0 saturated carbocycles. The second-order valence-electron chi connectivity index (χ2n) is 14.6. The van der Waals surface area contributed by atoms with E-state index in [1.165, 1.54) is 22.7 Å². The molecule has 2 N–H and O–H groups in total. The van der Waals surface area contributed by atoms with Gasteiger partial charge < -0.3 is 10.6 Å². The Morgan fingerprint density at radius 3 is 1.54 bits per heavy atom. The number of nitrogens with zero attached hydrogens (tertiary/aromatic N) is 2. The van der Waals surface area contributed by atoms with E-state index in [-0.39, 0.29) is 23.1 Å². The molecule has 0 fully saturated rings. The number of aromatic nitrogens is 2. The lowest BCUT2D eigenvalue weighted by molar-refractivity contribution is -0.120. The molecule has 6 rings (SSSR count). The number of carbonyl (C=O) groups excluding carboxylic acids is 2. The van der Waals surface area contributed by atoms with Crippen LogP contribution in [-0.2, 0) is 16.0 Å². The molecule has 0 saturated heterocycles. The van der Waals surface area contributed by atoms with Crippen LogP contribution < -0.4 is 10.6 Å². The quantitative estimate of drug-likeness (QED) is 0.137. The van der Waals surface area contributed by atoms with Gasteiger partial charge in [0.05, 0.1) is 21.6 Å². The molecule has 4 aromatic carbocycles. The Morgan fingerprint density at radius 2 is 1.06 bits per heavy atom. The first-order valence-corrected chi connectivity index (χ1v) is 19.3. The van der Waals surface area contributed by atoms with Crippen molar-refractivity contribution >= 4 is 68.0 Å². The highest BCUT2D eigenvalue weighted by atomic mass is 35.5. The van der Waals surface area contributed by atoms with Gasteiger partial charge in [-0.3, -0.25) is 9.59 Å². The average Bonchev–Trinajstić information content (AvgIpc) is 3.77. The number of thiazole rings is 2. The zero-order chi connectivity index (χ0) is 37.0. The summed E-state index contributed by atoms with van der Waals surface area (Å²) in [5, 5.41) is 8.50. The summed E-state index contributed by atoms with van der Waals surface area (Å²) in [7, 11) is 0. The van der Waals surface area contributed by atoms with Crippen molar-refractivity contribution in [1.82, 2.24) is 9.97 Å². The average molecular weight is 768 g/mol. The van der Waals surface area contributed by atoms with Crippen LogP contribution in [0.15, 0.2) is 116 Å². The van der Waals surface area contributed by atoms with Crippen molar-refractivity contribution in [2.24, 2.45) is 10.8 Å². The van der Waals surface area contributed by atoms with Crippen molar-refractivity contribution < 1.29 is 9.59 Å². The molecular formula is C42H40Cl2N4O2S2. The van der Waals surface area contributed by atoms with Gasteiger partial charge in [-0.15, -0.1) is 0 Å². The van der Waals surface area contributed by atoms with Crippen LogP contribution in [0.3, 0.4) is 0 Å². The van der Waals surface area contributed by atoms with E-state index < -0.39 is 11.3 Å². The molecule has 0 bridgehead atoms. The predicted octanol–water partition coefficient (Wildman–Crippen LogP) is 12.0. The van der Waals surface area contributed by atoms with Crippen LogP contribution in [0, 0.1) is 10.8 Å². The minimum absolute atomic E-state index is 0.112. The summed E-state index contributed by atoms with van der Waals surface area (Å²) in [6.07, 6.45) is 4.23. The standard InChI is InChI=1S/C42H40Cl2N4O2S2/c1-41(2,3)35(29-15-19-31(43)20-16-29)37(49)47-39-46-25-34(52-39)28-13-11-26(12-14-28)23-42(4,5)36(30-17-21-32(44)22-18-30)38(50)48-40-45-24-33(51-40)27-9-7-6-8-10-27/h6-22,24-25,35-36H,23H2,1-5H3,(H,45,48,50)(H,46,47,49)/t35-,36?/m0/s1. The fraction of sp³-hybridized carbons (Fsp3) is 0.238. The maximum atomic E-state index is 14.1. The molecule has 0 aliphatic carbocycles. The summed E-state index contributed by atoms with van der Waals surface area (Å²) in [6.45, 7) is 10.4. The van der Waals surface area contributed by atoms with Gasteiger partial charge in [-0.1, -0.05) is 159 Å². The summed E-state index contributed by atoms with van der Waals surface area (Å²) < 4.78 is 0. The summed E-state index contributed by atoms with van der Waals surface area (Å²) >= 11 is 15.2. The maximum absolute atomic E-state index is 14.1. The molecule has 6 aromatic rings. The Kier molecular flexibility index (Phi) is 11.3. The van der Waals surface area contributed by atoms with Crippen LogP contribution in [0.4, 0.5) is 10.3 Å². The highest BCUT2D eigenvalue weighted by Crippen LogP contribution is 2.42. The van der Waals surface area contributed by atoms with E-state index in [1.54, 1.807) is 12.4 Å². The number of amides is 2. The Bertz CT molecular complexity index is 2140. The molecule has 10 heteroatoms. The van der Waals surface area contributed by atoms with E-state index in [2.05, 4.69) is 79.5 Å². The molecule has 2 amide bonds. The fourth-order valence-electron chi connectivity index (χ4n) is 6.62. The minimum atomic E-state index is -0.481. The van der Waals surface area contributed by atoms with Gasteiger partial charge in [-0.25, -0.2) is 9.97 Å². The highest BCUT2D eigenvalue weighted by molar-refractivity contribution is 7.19. The van der Waals surface area contributed by atoms with Crippen LogP contribution in [0.1, 0.15) is 63.1 Å². The normalized spacial score (nSPS) is 13.0. The van der Waals surface area contributed by atoms with E-state index in [4.69, 9.17) is 23.2 Å². The van der Waals surface area contributed by atoms with Gasteiger partial charge in [0.15, 0.2) is 10.3 Å². The van der Waals surface area contributed by atoms with Gasteiger partial charge >= 0.3 is 0 Å². The van der Waals surface area contributed by atoms with Crippen LogP contribution in [0.5, 0.6) is 0 Å². The van der Waals surface area contributed by atoms with Gasteiger partial charge in [0.2, 0.25) is 11.8 Å². The summed E-state index contributed by atoms with van der Waals surface area (Å²) in [5.74, 6) is -1.10. The van der Waals surface area contributed by atoms with Gasteiger partial charge in [-0.2, -0.15) is 0 Å². The number of nitrogens with one attached hydrogen (secondary N) is 2. The second kappa shape index (κ2) is 15.7. The van der Waals surface area contributed by atoms with Gasteiger partial charge in [0, 0.05) is 22.4 Å². The van der Waals surface area contributed by atoms with E-state index in [1.807, 2.05) is 78.9 Å². The Labute approximate surface area is 323 Å². The first-order chi connectivity index (χ1) is 24.8. The molecule has 2 atom stereocenters. The lowest BCUT2D eigenvalue weighted by atomic mass is 9.70. The largest absolute Gasteiger partial charge is 0.301 e. The third kappa shape index (κ3) is 8.99. The van der Waals surface area contributed by atoms with Gasteiger partial charge in [0.1, 0.15) is 0 Å². The minimum Gasteiger partial charge on any atom is -0.301 e. The Balaban J connectivity index is 1.17. The number of rotatable bonds is 11. The lowest BCUT2D eigenvalue weighted by Gasteiger charge is -2.34. The molecule has 0 aliphatic heterocycles. The zero-order valence-electron chi connectivity index (χ0n) is 29.6. The van der Waals surface area contributed by atoms with Crippen LogP contribution in [-0.4, -0.2) is 21.8 Å². The third-order valence-corrected chi connectivity index (χ3v) is 11.4. The number of benzene rings is 4. The number of anilines is 2. The van der Waals surface area contributed by atoms with E-state index in [0.717, 1.165) is 37.6 Å². The Hall–Kier alpha value is -4.34. The van der Waals surface area contributed by atoms with Crippen LogP contribution in [0.2, 0.25) is 10.0 Å². The first kappa shape index (κ1) is 37.4. The molecule has 0 spiro atoms. The van der Waals surface area contributed by atoms with E-state index >= 15 is 0 Å². The Morgan fingerprint density at radius 1 is 0.615 bits per heavy atom. The topological polar surface area (TPSA) is 84.0 Å². The second-order valence-corrected chi connectivity index (χ2v) is 17.5. The van der Waals surface area contributed by atoms with Crippen molar-refractivity contribution in [3.8, 4) is 20.9 Å². The van der Waals surface area contributed by atoms with Crippen molar-refractivity contribution in [2.75, 3.05) is 10.6 Å². The van der Waals surface area contributed by atoms with Crippen LogP contribution >= 0.6 is 45.9 Å². The first-order valence-electron chi connectivity index (χ1n) is 17.0. The van der Waals surface area contributed by atoms with E-state index in [0.29, 0.717) is 26.7 Å². The maximum Gasteiger partial charge on any atom is 0.234 e. The number of halogens is 2. The molecular weight excluding hydrogens is 728 g/mol. The lowest BCUT2D eigenvalue weighted by Crippen LogP contribution is -2.34. The van der Waals surface area contributed by atoms with Crippen molar-refractivity contribution in [3.05, 3.63) is 142 Å². The number of hydrogen-bond acceptors (Lipinski definition) is 6. The number of hydrogen-bond donors (Lipinski definition) is 2. The monoisotopic (exact) mass is 766 g/mol. The fourth-order valence-corrected chi connectivity index (χ4v) is 8.52. The summed E-state index contributed by atoms with van der Waals surface area (Å²) in [5.41, 5.74) is 4.13. The molecule has 266 valence electrons. The summed E-state index contributed by atoms with van der Waals surface area (Å²) in [6, 6.07) is 33.3. The molecule has 6 nitrogen and oxygen atoms in total. The molecule has 52 heavy (non-hydrogen) atoms.